The zero-order valence-electron chi connectivity index (χ0n) is 6.86. The summed E-state index contributed by atoms with van der Waals surface area (Å²) in [7, 11) is 0. The molecular weight excluding hydrogens is 154 g/mol. The lowest BCUT2D eigenvalue weighted by Gasteiger charge is -2.01. The van der Waals surface area contributed by atoms with E-state index in [-0.39, 0.29) is 5.57 Å². The smallest absolute Gasteiger partial charge is 0.331 e. The Hall–Kier alpha value is -1.35. The molecule has 0 aromatic rings. The van der Waals surface area contributed by atoms with Crippen molar-refractivity contribution >= 4 is 5.97 Å². The lowest BCUT2D eigenvalue weighted by atomic mass is 10.1. The molecule has 0 aliphatic heterocycles. The van der Waals surface area contributed by atoms with Gasteiger partial charge in [0, 0.05) is 11.6 Å². The zero-order valence-corrected chi connectivity index (χ0v) is 6.86. The highest BCUT2D eigenvalue weighted by atomic mass is 16.4. The summed E-state index contributed by atoms with van der Waals surface area (Å²) in [6, 6.07) is -0.406. The molecule has 66 valence electrons. The molecule has 0 radical (unpaired) electrons. The first-order chi connectivity index (χ1) is 5.61. The maximum Gasteiger partial charge on any atom is 0.331 e. The first-order valence-electron chi connectivity index (χ1n) is 3.54. The minimum Gasteiger partial charge on any atom is -0.478 e. The number of rotatable bonds is 5. The lowest BCUT2D eigenvalue weighted by molar-refractivity contribution is -0.132. The van der Waals surface area contributed by atoms with Gasteiger partial charge in [0.2, 0.25) is 0 Å². The maximum absolute atomic E-state index is 10.5. The van der Waals surface area contributed by atoms with Gasteiger partial charge in [0.15, 0.2) is 0 Å². The van der Waals surface area contributed by atoms with Gasteiger partial charge in [-0.05, 0) is 6.42 Å². The van der Waals surface area contributed by atoms with Crippen molar-refractivity contribution in [1.29, 1.82) is 0 Å². The first kappa shape index (κ1) is 10.7. The summed E-state index contributed by atoms with van der Waals surface area (Å²) in [4.78, 5) is 10.5. The van der Waals surface area contributed by atoms with E-state index in [1.54, 1.807) is 0 Å². The van der Waals surface area contributed by atoms with Crippen molar-refractivity contribution in [2.24, 2.45) is 5.73 Å². The van der Waals surface area contributed by atoms with Crippen molar-refractivity contribution in [3.8, 4) is 0 Å². The topological polar surface area (TPSA) is 63.3 Å². The van der Waals surface area contributed by atoms with E-state index in [1.807, 2.05) is 0 Å². The van der Waals surface area contributed by atoms with Crippen LogP contribution in [0.5, 0.6) is 0 Å². The Morgan fingerprint density at radius 3 is 2.50 bits per heavy atom. The van der Waals surface area contributed by atoms with E-state index in [0.29, 0.717) is 6.42 Å². The first-order valence-corrected chi connectivity index (χ1v) is 3.54. The number of hydrogen-bond donors (Lipinski definition) is 2. The van der Waals surface area contributed by atoms with Crippen LogP contribution in [0.25, 0.3) is 0 Å². The number of carboxylic acid groups (broad SMARTS) is 1. The fourth-order valence-corrected chi connectivity index (χ4v) is 0.682. The van der Waals surface area contributed by atoms with Crippen LogP contribution in [0.1, 0.15) is 6.42 Å². The van der Waals surface area contributed by atoms with E-state index in [4.69, 9.17) is 10.8 Å². The Balaban J connectivity index is 4.47. The molecule has 0 fully saturated rings. The van der Waals surface area contributed by atoms with Gasteiger partial charge in [0.05, 0.1) is 0 Å². The van der Waals surface area contributed by atoms with Crippen LogP contribution < -0.4 is 5.73 Å². The summed E-state index contributed by atoms with van der Waals surface area (Å²) in [5.41, 5.74) is 5.70. The SMILES string of the molecule is C=CCC(=CC(N)C=C)C(=O)O. The van der Waals surface area contributed by atoms with Crippen LogP contribution in [-0.4, -0.2) is 17.1 Å². The summed E-state index contributed by atoms with van der Waals surface area (Å²) >= 11 is 0. The molecule has 12 heavy (non-hydrogen) atoms. The number of aliphatic carboxylic acids is 1. The van der Waals surface area contributed by atoms with Crippen LogP contribution >= 0.6 is 0 Å². The number of carboxylic acids is 1. The van der Waals surface area contributed by atoms with Crippen molar-refractivity contribution in [2.75, 3.05) is 0 Å². The minimum absolute atomic E-state index is 0.248. The monoisotopic (exact) mass is 167 g/mol. The van der Waals surface area contributed by atoms with Gasteiger partial charge < -0.3 is 10.8 Å². The molecular formula is C9H13NO2. The van der Waals surface area contributed by atoms with E-state index >= 15 is 0 Å². The Morgan fingerprint density at radius 1 is 1.58 bits per heavy atom. The molecule has 3 heteroatoms. The second-order valence-electron chi connectivity index (χ2n) is 2.30. The predicted octanol–water partition coefficient (Wildman–Crippen LogP) is 1.09. The molecule has 0 saturated heterocycles. The van der Waals surface area contributed by atoms with Crippen molar-refractivity contribution in [3.05, 3.63) is 37.0 Å². The normalized spacial score (nSPS) is 13.6. The highest BCUT2D eigenvalue weighted by molar-refractivity contribution is 5.87. The largest absolute Gasteiger partial charge is 0.478 e. The summed E-state index contributed by atoms with van der Waals surface area (Å²) in [5.74, 6) is -0.966. The van der Waals surface area contributed by atoms with Gasteiger partial charge in [0.25, 0.3) is 0 Å². The van der Waals surface area contributed by atoms with E-state index in [2.05, 4.69) is 13.2 Å². The van der Waals surface area contributed by atoms with Gasteiger partial charge in [0.1, 0.15) is 0 Å². The van der Waals surface area contributed by atoms with Crippen molar-refractivity contribution in [2.45, 2.75) is 12.5 Å². The van der Waals surface area contributed by atoms with E-state index in [9.17, 15) is 4.79 Å². The molecule has 0 aliphatic carbocycles. The Kier molecular flexibility index (Phi) is 4.72. The Bertz CT molecular complexity index is 219. The molecule has 1 unspecified atom stereocenters. The van der Waals surface area contributed by atoms with Gasteiger partial charge in [-0.1, -0.05) is 18.2 Å². The van der Waals surface area contributed by atoms with Crippen molar-refractivity contribution in [1.82, 2.24) is 0 Å². The van der Waals surface area contributed by atoms with Crippen LogP contribution in [-0.2, 0) is 4.79 Å². The molecule has 3 N–H and O–H groups in total. The number of nitrogens with two attached hydrogens (primary N) is 1. The molecule has 0 aromatic carbocycles. The van der Waals surface area contributed by atoms with Crippen LogP contribution in [0.2, 0.25) is 0 Å². The highest BCUT2D eigenvalue weighted by Crippen LogP contribution is 2.03. The third kappa shape index (κ3) is 3.73. The summed E-state index contributed by atoms with van der Waals surface area (Å²) in [6.07, 6.45) is 4.77. The molecule has 0 aromatic heterocycles. The number of allylic oxidation sites excluding steroid dienone is 1. The van der Waals surface area contributed by atoms with E-state index in [0.717, 1.165) is 0 Å². The molecule has 3 nitrogen and oxygen atoms in total. The van der Waals surface area contributed by atoms with Crippen LogP contribution in [0.15, 0.2) is 37.0 Å². The van der Waals surface area contributed by atoms with Gasteiger partial charge in [-0.15, -0.1) is 13.2 Å². The Labute approximate surface area is 71.9 Å². The predicted molar refractivity (Wildman–Crippen MR) is 48.7 cm³/mol. The van der Waals surface area contributed by atoms with E-state index < -0.39 is 12.0 Å². The molecule has 0 heterocycles. The standard InChI is InChI=1S/C9H13NO2/c1-3-5-7(9(11)12)6-8(10)4-2/h3-4,6,8H,1-2,5,10H2,(H,11,12). The molecule has 0 saturated carbocycles. The average Bonchev–Trinajstić information content (AvgIpc) is 2.03. The summed E-state index contributed by atoms with van der Waals surface area (Å²) < 4.78 is 0. The third-order valence-corrected chi connectivity index (χ3v) is 1.30. The molecule has 0 spiro atoms. The summed E-state index contributed by atoms with van der Waals surface area (Å²) in [5, 5.41) is 8.64. The molecule has 0 amide bonds. The fourth-order valence-electron chi connectivity index (χ4n) is 0.682. The highest BCUT2D eigenvalue weighted by Gasteiger charge is 2.05. The van der Waals surface area contributed by atoms with Crippen molar-refractivity contribution < 1.29 is 9.90 Å². The van der Waals surface area contributed by atoms with Gasteiger partial charge in [-0.3, -0.25) is 0 Å². The van der Waals surface area contributed by atoms with E-state index in [1.165, 1.54) is 18.2 Å². The fraction of sp³-hybridized carbons (Fsp3) is 0.222. The second-order valence-corrected chi connectivity index (χ2v) is 2.30. The van der Waals surface area contributed by atoms with Crippen LogP contribution in [0.3, 0.4) is 0 Å². The second kappa shape index (κ2) is 5.32. The minimum atomic E-state index is -0.966. The van der Waals surface area contributed by atoms with Crippen molar-refractivity contribution in [3.63, 3.8) is 0 Å². The van der Waals surface area contributed by atoms with Gasteiger partial charge in [-0.25, -0.2) is 4.79 Å². The number of hydrogen-bond acceptors (Lipinski definition) is 2. The zero-order chi connectivity index (χ0) is 9.56. The third-order valence-electron chi connectivity index (χ3n) is 1.30. The molecule has 0 aliphatic rings. The van der Waals surface area contributed by atoms with Gasteiger partial charge >= 0.3 is 5.97 Å². The maximum atomic E-state index is 10.5. The number of carbonyl (C=O) groups is 1. The average molecular weight is 167 g/mol. The molecule has 1 atom stereocenters. The van der Waals surface area contributed by atoms with Crippen LogP contribution in [0.4, 0.5) is 0 Å². The molecule has 0 bridgehead atoms. The Morgan fingerprint density at radius 2 is 2.17 bits per heavy atom. The molecule has 0 rings (SSSR count). The lowest BCUT2D eigenvalue weighted by Crippen LogP contribution is -2.15. The quantitative estimate of drug-likeness (QED) is 0.476. The summed E-state index contributed by atoms with van der Waals surface area (Å²) in [6.45, 7) is 6.89. The van der Waals surface area contributed by atoms with Gasteiger partial charge in [-0.2, -0.15) is 0 Å². The van der Waals surface area contributed by atoms with Crippen LogP contribution in [0, 0.1) is 0 Å².